The second-order valence-electron chi connectivity index (χ2n) is 3.56. The summed E-state index contributed by atoms with van der Waals surface area (Å²) in [6.07, 6.45) is 5.29. The molecule has 0 aliphatic rings. The predicted molar refractivity (Wildman–Crippen MR) is 70.9 cm³/mol. The number of terminal acetylenes is 1. The molecular weight excluding hydrogens is 214 g/mol. The van der Waals surface area contributed by atoms with Gasteiger partial charge in [0.15, 0.2) is 11.5 Å². The summed E-state index contributed by atoms with van der Waals surface area (Å²) in [6.45, 7) is 5.71. The van der Waals surface area contributed by atoms with Gasteiger partial charge in [-0.1, -0.05) is 5.92 Å². The maximum atomic E-state index is 5.56. The fourth-order valence-electron chi connectivity index (χ4n) is 1.51. The van der Waals surface area contributed by atoms with Gasteiger partial charge in [-0.25, -0.2) is 0 Å². The van der Waals surface area contributed by atoms with Crippen LogP contribution >= 0.6 is 0 Å². The van der Waals surface area contributed by atoms with Crippen molar-refractivity contribution in [1.82, 2.24) is 0 Å². The Morgan fingerprint density at radius 3 is 2.41 bits per heavy atom. The first kappa shape index (κ1) is 13.2. The average Bonchev–Trinajstić information content (AvgIpc) is 2.32. The van der Waals surface area contributed by atoms with Crippen LogP contribution in [0, 0.1) is 12.3 Å². The van der Waals surface area contributed by atoms with E-state index in [9.17, 15) is 0 Å². The molecule has 0 atom stereocenters. The standard InChI is InChI=1S/C14H19NO2/c1-5-10-15(4)12-8-9-13(16-6-2)14(11-12)17-7-3/h1,8-9,11H,6-7,10H2,2-4H3. The van der Waals surface area contributed by atoms with Gasteiger partial charge in [0.1, 0.15) is 0 Å². The van der Waals surface area contributed by atoms with Crippen molar-refractivity contribution in [3.8, 4) is 23.8 Å². The van der Waals surface area contributed by atoms with Gasteiger partial charge in [-0.15, -0.1) is 6.42 Å². The van der Waals surface area contributed by atoms with Gasteiger partial charge >= 0.3 is 0 Å². The van der Waals surface area contributed by atoms with Crippen LogP contribution in [0.25, 0.3) is 0 Å². The van der Waals surface area contributed by atoms with Crippen LogP contribution in [0.3, 0.4) is 0 Å². The summed E-state index contributed by atoms with van der Waals surface area (Å²) in [5.41, 5.74) is 1.02. The van der Waals surface area contributed by atoms with Gasteiger partial charge in [0, 0.05) is 18.8 Å². The molecule has 0 unspecified atom stereocenters. The minimum absolute atomic E-state index is 0.569. The van der Waals surface area contributed by atoms with E-state index in [-0.39, 0.29) is 0 Å². The fourth-order valence-corrected chi connectivity index (χ4v) is 1.51. The van der Waals surface area contributed by atoms with Crippen LogP contribution in [0.2, 0.25) is 0 Å². The lowest BCUT2D eigenvalue weighted by Gasteiger charge is -2.18. The molecule has 3 heteroatoms. The van der Waals surface area contributed by atoms with Crippen LogP contribution in [-0.2, 0) is 0 Å². The van der Waals surface area contributed by atoms with Crippen molar-refractivity contribution < 1.29 is 9.47 Å². The maximum absolute atomic E-state index is 5.56. The number of benzene rings is 1. The third-order valence-electron chi connectivity index (χ3n) is 2.30. The highest BCUT2D eigenvalue weighted by molar-refractivity contribution is 5.56. The molecular formula is C14H19NO2. The molecule has 0 fully saturated rings. The van der Waals surface area contributed by atoms with Crippen molar-refractivity contribution in [2.45, 2.75) is 13.8 Å². The summed E-state index contributed by atoms with van der Waals surface area (Å²) in [6, 6.07) is 5.84. The van der Waals surface area contributed by atoms with Gasteiger partial charge in [0.05, 0.1) is 19.8 Å². The topological polar surface area (TPSA) is 21.7 Å². The van der Waals surface area contributed by atoms with Gasteiger partial charge in [0.25, 0.3) is 0 Å². The van der Waals surface area contributed by atoms with E-state index in [4.69, 9.17) is 15.9 Å². The SMILES string of the molecule is C#CCN(C)c1ccc(OCC)c(OCC)c1. The Bertz CT molecular complexity index is 396. The molecule has 0 aliphatic heterocycles. The smallest absolute Gasteiger partial charge is 0.163 e. The van der Waals surface area contributed by atoms with E-state index >= 15 is 0 Å². The first-order valence-corrected chi connectivity index (χ1v) is 5.77. The second kappa shape index (κ2) is 6.70. The highest BCUT2D eigenvalue weighted by Crippen LogP contribution is 2.31. The number of rotatable bonds is 6. The second-order valence-corrected chi connectivity index (χ2v) is 3.56. The lowest BCUT2D eigenvalue weighted by molar-refractivity contribution is 0.288. The van der Waals surface area contributed by atoms with Gasteiger partial charge in [-0.2, -0.15) is 0 Å². The molecule has 0 N–H and O–H groups in total. The molecule has 0 radical (unpaired) electrons. The first-order chi connectivity index (χ1) is 8.22. The largest absolute Gasteiger partial charge is 0.490 e. The number of ether oxygens (including phenoxy) is 2. The van der Waals surface area contributed by atoms with E-state index in [0.717, 1.165) is 17.2 Å². The summed E-state index contributed by atoms with van der Waals surface area (Å²) in [5, 5.41) is 0. The van der Waals surface area contributed by atoms with Crippen LogP contribution in [0.4, 0.5) is 5.69 Å². The summed E-state index contributed by atoms with van der Waals surface area (Å²) in [4.78, 5) is 1.98. The average molecular weight is 233 g/mol. The van der Waals surface area contributed by atoms with E-state index in [1.165, 1.54) is 0 Å². The molecule has 3 nitrogen and oxygen atoms in total. The van der Waals surface area contributed by atoms with Gasteiger partial charge in [-0.05, 0) is 26.0 Å². The number of anilines is 1. The van der Waals surface area contributed by atoms with Crippen LogP contribution < -0.4 is 14.4 Å². The Kier molecular flexibility index (Phi) is 5.22. The molecule has 0 aromatic heterocycles. The minimum Gasteiger partial charge on any atom is -0.490 e. The quantitative estimate of drug-likeness (QED) is 0.705. The Labute approximate surface area is 103 Å². The molecule has 1 aromatic carbocycles. The first-order valence-electron chi connectivity index (χ1n) is 5.77. The molecule has 0 spiro atoms. The molecule has 0 saturated heterocycles. The Morgan fingerprint density at radius 2 is 1.82 bits per heavy atom. The normalized spacial score (nSPS) is 9.53. The zero-order valence-electron chi connectivity index (χ0n) is 10.7. The summed E-state index contributed by atoms with van der Waals surface area (Å²) in [7, 11) is 1.95. The maximum Gasteiger partial charge on any atom is 0.163 e. The molecule has 0 amide bonds. The Hall–Kier alpha value is -1.82. The molecule has 1 aromatic rings. The monoisotopic (exact) mass is 233 g/mol. The Morgan fingerprint density at radius 1 is 1.18 bits per heavy atom. The van der Waals surface area contributed by atoms with Crippen molar-refractivity contribution in [2.24, 2.45) is 0 Å². The Balaban J connectivity index is 2.96. The van der Waals surface area contributed by atoms with Crippen LogP contribution in [0.15, 0.2) is 18.2 Å². The number of nitrogens with zero attached hydrogens (tertiary/aromatic N) is 1. The third-order valence-corrected chi connectivity index (χ3v) is 2.30. The molecule has 0 bridgehead atoms. The number of hydrogen-bond donors (Lipinski definition) is 0. The van der Waals surface area contributed by atoms with Crippen LogP contribution in [0.1, 0.15) is 13.8 Å². The highest BCUT2D eigenvalue weighted by atomic mass is 16.5. The molecule has 92 valence electrons. The zero-order chi connectivity index (χ0) is 12.7. The minimum atomic E-state index is 0.569. The summed E-state index contributed by atoms with van der Waals surface area (Å²) >= 11 is 0. The van der Waals surface area contributed by atoms with Gasteiger partial charge in [0.2, 0.25) is 0 Å². The van der Waals surface area contributed by atoms with Crippen molar-refractivity contribution in [2.75, 3.05) is 31.7 Å². The van der Waals surface area contributed by atoms with Crippen molar-refractivity contribution in [1.29, 1.82) is 0 Å². The molecule has 17 heavy (non-hydrogen) atoms. The van der Waals surface area contributed by atoms with E-state index in [1.54, 1.807) is 0 Å². The van der Waals surface area contributed by atoms with Crippen molar-refractivity contribution in [3.63, 3.8) is 0 Å². The van der Waals surface area contributed by atoms with E-state index in [2.05, 4.69) is 5.92 Å². The van der Waals surface area contributed by atoms with E-state index in [0.29, 0.717) is 19.8 Å². The zero-order valence-corrected chi connectivity index (χ0v) is 10.7. The molecule has 1 rings (SSSR count). The van der Waals surface area contributed by atoms with Crippen molar-refractivity contribution >= 4 is 5.69 Å². The predicted octanol–water partition coefficient (Wildman–Crippen LogP) is 2.55. The van der Waals surface area contributed by atoms with Crippen molar-refractivity contribution in [3.05, 3.63) is 18.2 Å². The van der Waals surface area contributed by atoms with Crippen LogP contribution in [0.5, 0.6) is 11.5 Å². The summed E-state index contributed by atoms with van der Waals surface area (Å²) < 4.78 is 11.1. The molecule has 0 saturated carbocycles. The highest BCUT2D eigenvalue weighted by Gasteiger charge is 2.08. The van der Waals surface area contributed by atoms with Gasteiger partial charge in [-0.3, -0.25) is 0 Å². The van der Waals surface area contributed by atoms with E-state index < -0.39 is 0 Å². The molecule has 0 heterocycles. The third kappa shape index (κ3) is 3.60. The number of hydrogen-bond acceptors (Lipinski definition) is 3. The van der Waals surface area contributed by atoms with Gasteiger partial charge < -0.3 is 14.4 Å². The fraction of sp³-hybridized carbons (Fsp3) is 0.429. The van der Waals surface area contributed by atoms with Crippen LogP contribution in [-0.4, -0.2) is 26.8 Å². The lowest BCUT2D eigenvalue weighted by atomic mass is 10.2. The lowest BCUT2D eigenvalue weighted by Crippen LogP contribution is -2.17. The van der Waals surface area contributed by atoms with E-state index in [1.807, 2.05) is 44.0 Å². The molecule has 0 aliphatic carbocycles. The summed E-state index contributed by atoms with van der Waals surface area (Å²) in [5.74, 6) is 4.14.